The van der Waals surface area contributed by atoms with Gasteiger partial charge >= 0.3 is 5.97 Å². The molecule has 0 saturated heterocycles. The lowest BCUT2D eigenvalue weighted by atomic mass is 9.49. The van der Waals surface area contributed by atoms with Gasteiger partial charge in [0.15, 0.2) is 6.61 Å². The van der Waals surface area contributed by atoms with E-state index in [1.807, 2.05) is 12.1 Å². The number of hydrogen-bond donors (Lipinski definition) is 1. The van der Waals surface area contributed by atoms with Crippen LogP contribution in [0.25, 0.3) is 0 Å². The molecule has 4 aliphatic rings. The van der Waals surface area contributed by atoms with Crippen LogP contribution in [-0.2, 0) is 19.7 Å². The summed E-state index contributed by atoms with van der Waals surface area (Å²) >= 11 is 0. The highest BCUT2D eigenvalue weighted by Gasteiger charge is 2.51. The number of nitrogens with one attached hydrogen (secondary N) is 1. The average Bonchev–Trinajstić information content (AvgIpc) is 2.64. The number of carbonyl (C=O) groups is 3. The molecule has 162 valence electrons. The molecule has 2 amide bonds. The largest absolute Gasteiger partial charge is 0.456 e. The summed E-state index contributed by atoms with van der Waals surface area (Å²) < 4.78 is 5.24. The highest BCUT2D eigenvalue weighted by atomic mass is 16.5. The molecule has 5 heteroatoms. The topological polar surface area (TPSA) is 72.5 Å². The molecule has 0 spiro atoms. The minimum atomic E-state index is -0.584. The van der Waals surface area contributed by atoms with Crippen molar-refractivity contribution >= 4 is 17.8 Å². The molecule has 1 aromatic carbocycles. The second-order valence-corrected chi connectivity index (χ2v) is 11.0. The Morgan fingerprint density at radius 3 is 2.00 bits per heavy atom. The Hall–Kier alpha value is -2.17. The molecule has 0 aliphatic heterocycles. The van der Waals surface area contributed by atoms with Crippen molar-refractivity contribution < 1.29 is 19.1 Å². The van der Waals surface area contributed by atoms with Crippen LogP contribution in [0.3, 0.4) is 0 Å². The fraction of sp³-hybridized carbons (Fsp3) is 0.640. The van der Waals surface area contributed by atoms with Crippen LogP contribution in [-0.4, -0.2) is 24.4 Å². The van der Waals surface area contributed by atoms with Crippen molar-refractivity contribution in [2.45, 2.75) is 71.1 Å². The Balaban J connectivity index is 1.25. The number of ether oxygens (including phenoxy) is 1. The van der Waals surface area contributed by atoms with Crippen molar-refractivity contribution in [1.29, 1.82) is 0 Å². The van der Waals surface area contributed by atoms with Crippen LogP contribution in [0, 0.1) is 23.2 Å². The Bertz CT molecular complexity index is 798. The maximum atomic E-state index is 12.4. The molecule has 4 bridgehead atoms. The number of carbonyl (C=O) groups excluding carboxylic acids is 3. The van der Waals surface area contributed by atoms with E-state index in [4.69, 9.17) is 4.74 Å². The normalized spacial score (nSPS) is 29.5. The van der Waals surface area contributed by atoms with Gasteiger partial charge in [-0.2, -0.15) is 0 Å². The predicted molar refractivity (Wildman–Crippen MR) is 114 cm³/mol. The van der Waals surface area contributed by atoms with Gasteiger partial charge in [-0.05, 0) is 84.8 Å². The number of imide groups is 1. The number of benzene rings is 1. The molecule has 4 aliphatic carbocycles. The van der Waals surface area contributed by atoms with Gasteiger partial charge in [0.1, 0.15) is 0 Å². The van der Waals surface area contributed by atoms with Gasteiger partial charge in [-0.1, -0.05) is 32.9 Å². The molecule has 0 aromatic heterocycles. The summed E-state index contributed by atoms with van der Waals surface area (Å²) in [5.74, 6) is 0.948. The van der Waals surface area contributed by atoms with Crippen LogP contribution in [0.5, 0.6) is 0 Å². The average molecular weight is 412 g/mol. The molecule has 5 rings (SSSR count). The zero-order valence-corrected chi connectivity index (χ0v) is 18.3. The van der Waals surface area contributed by atoms with E-state index >= 15 is 0 Å². The van der Waals surface area contributed by atoms with E-state index in [-0.39, 0.29) is 16.8 Å². The summed E-state index contributed by atoms with van der Waals surface area (Å²) in [6.07, 6.45) is 7.78. The van der Waals surface area contributed by atoms with Crippen molar-refractivity contribution in [2.24, 2.45) is 23.2 Å². The van der Waals surface area contributed by atoms with E-state index < -0.39 is 18.4 Å². The minimum absolute atomic E-state index is 0.00424. The first-order valence-corrected chi connectivity index (χ1v) is 11.2. The minimum Gasteiger partial charge on any atom is -0.456 e. The fourth-order valence-corrected chi connectivity index (χ4v) is 6.37. The van der Waals surface area contributed by atoms with Crippen LogP contribution in [0.1, 0.15) is 81.6 Å². The van der Waals surface area contributed by atoms with E-state index in [2.05, 4.69) is 26.1 Å². The van der Waals surface area contributed by atoms with Crippen LogP contribution in [0.15, 0.2) is 24.3 Å². The first kappa shape index (κ1) is 21.1. The lowest BCUT2D eigenvalue weighted by molar-refractivity contribution is -0.155. The van der Waals surface area contributed by atoms with Gasteiger partial charge in [0.25, 0.3) is 11.8 Å². The van der Waals surface area contributed by atoms with Gasteiger partial charge < -0.3 is 4.74 Å². The monoisotopic (exact) mass is 411 g/mol. The first-order chi connectivity index (χ1) is 14.1. The van der Waals surface area contributed by atoms with Crippen LogP contribution >= 0.6 is 0 Å². The molecule has 1 N–H and O–H groups in total. The summed E-state index contributed by atoms with van der Waals surface area (Å²) in [4.78, 5) is 36.8. The standard InChI is InChI=1S/C25H33NO4/c1-24(2,3)20-6-4-19(5-7-20)23(29)26-21(27)15-30-22(28)14-25-11-16-8-17(12-25)10-18(9-16)13-25/h4-7,16-18H,8-15H2,1-3H3,(H,26,27,29). The van der Waals surface area contributed by atoms with E-state index in [1.165, 1.54) is 19.3 Å². The quantitative estimate of drug-likeness (QED) is 0.730. The van der Waals surface area contributed by atoms with Gasteiger partial charge in [-0.3, -0.25) is 19.7 Å². The van der Waals surface area contributed by atoms with E-state index in [1.54, 1.807) is 12.1 Å². The molecule has 0 radical (unpaired) electrons. The Morgan fingerprint density at radius 2 is 1.50 bits per heavy atom. The maximum Gasteiger partial charge on any atom is 0.306 e. The molecular formula is C25H33NO4. The first-order valence-electron chi connectivity index (χ1n) is 11.2. The zero-order valence-electron chi connectivity index (χ0n) is 18.3. The van der Waals surface area contributed by atoms with Gasteiger partial charge in [0, 0.05) is 5.56 Å². The lowest BCUT2D eigenvalue weighted by Crippen LogP contribution is -2.47. The highest BCUT2D eigenvalue weighted by molar-refractivity contribution is 6.05. The molecule has 0 atom stereocenters. The highest BCUT2D eigenvalue weighted by Crippen LogP contribution is 2.61. The van der Waals surface area contributed by atoms with E-state index in [0.29, 0.717) is 12.0 Å². The lowest BCUT2D eigenvalue weighted by Gasteiger charge is -2.56. The van der Waals surface area contributed by atoms with Crippen molar-refractivity contribution in [3.8, 4) is 0 Å². The number of hydrogen-bond acceptors (Lipinski definition) is 4. The van der Waals surface area contributed by atoms with Crippen LogP contribution in [0.2, 0.25) is 0 Å². The van der Waals surface area contributed by atoms with Crippen molar-refractivity contribution in [3.63, 3.8) is 0 Å². The molecule has 1 aromatic rings. The van der Waals surface area contributed by atoms with E-state index in [0.717, 1.165) is 42.6 Å². The number of rotatable bonds is 5. The summed E-state index contributed by atoms with van der Waals surface area (Å²) in [5.41, 5.74) is 1.61. The zero-order chi connectivity index (χ0) is 21.5. The van der Waals surface area contributed by atoms with Crippen molar-refractivity contribution in [3.05, 3.63) is 35.4 Å². The van der Waals surface area contributed by atoms with Crippen molar-refractivity contribution in [2.75, 3.05) is 6.61 Å². The molecule has 30 heavy (non-hydrogen) atoms. The predicted octanol–water partition coefficient (Wildman–Crippen LogP) is 4.39. The second kappa shape index (κ2) is 7.82. The molecule has 0 heterocycles. The summed E-state index contributed by atoms with van der Waals surface area (Å²) in [7, 11) is 0. The third kappa shape index (κ3) is 4.60. The van der Waals surface area contributed by atoms with Gasteiger partial charge in [0.05, 0.1) is 6.42 Å². The molecule has 4 fully saturated rings. The second-order valence-electron chi connectivity index (χ2n) is 11.0. The van der Waals surface area contributed by atoms with Crippen molar-refractivity contribution in [1.82, 2.24) is 5.32 Å². The van der Waals surface area contributed by atoms with Crippen LogP contribution < -0.4 is 5.32 Å². The third-order valence-electron chi connectivity index (χ3n) is 7.31. The summed E-state index contributed by atoms with van der Waals surface area (Å²) in [6.45, 7) is 5.90. The van der Waals surface area contributed by atoms with Gasteiger partial charge in [-0.15, -0.1) is 0 Å². The Kier molecular flexibility index (Phi) is 5.50. The third-order valence-corrected chi connectivity index (χ3v) is 7.31. The number of amides is 2. The fourth-order valence-electron chi connectivity index (χ4n) is 6.37. The Morgan fingerprint density at radius 1 is 0.967 bits per heavy atom. The van der Waals surface area contributed by atoms with Crippen LogP contribution in [0.4, 0.5) is 0 Å². The summed E-state index contributed by atoms with van der Waals surface area (Å²) in [5, 5.41) is 2.31. The molecule has 0 unspecified atom stereocenters. The number of esters is 1. The molecule has 5 nitrogen and oxygen atoms in total. The Labute approximate surface area is 178 Å². The molecule has 4 saturated carbocycles. The maximum absolute atomic E-state index is 12.4. The SMILES string of the molecule is CC(C)(C)c1ccc(C(=O)NC(=O)COC(=O)CC23CC4CC(CC(C4)C2)C3)cc1. The molecular weight excluding hydrogens is 378 g/mol. The van der Waals surface area contributed by atoms with E-state index in [9.17, 15) is 14.4 Å². The van der Waals surface area contributed by atoms with Gasteiger partial charge in [0.2, 0.25) is 0 Å². The van der Waals surface area contributed by atoms with Gasteiger partial charge in [-0.25, -0.2) is 0 Å². The summed E-state index contributed by atoms with van der Waals surface area (Å²) in [6, 6.07) is 7.21. The smallest absolute Gasteiger partial charge is 0.306 e.